The summed E-state index contributed by atoms with van der Waals surface area (Å²) in [5, 5.41) is 4.59. The molecule has 2 unspecified atom stereocenters. The molecular weight excluding hydrogens is 314 g/mol. The molecule has 3 nitrogen and oxygen atoms in total. The van der Waals surface area contributed by atoms with Crippen LogP contribution < -0.4 is 5.73 Å². The Morgan fingerprint density at radius 1 is 1.50 bits per heavy atom. The summed E-state index contributed by atoms with van der Waals surface area (Å²) in [7, 11) is 2.03. The van der Waals surface area contributed by atoms with Gasteiger partial charge in [-0.25, -0.2) is 0 Å². The number of aryl methyl sites for hydroxylation is 2. The second-order valence-electron chi connectivity index (χ2n) is 6.82. The molecule has 2 atom stereocenters. The van der Waals surface area contributed by atoms with Gasteiger partial charge in [-0.2, -0.15) is 5.10 Å². The van der Waals surface area contributed by atoms with E-state index < -0.39 is 0 Å². The van der Waals surface area contributed by atoms with Crippen molar-refractivity contribution in [2.24, 2.45) is 24.6 Å². The largest absolute Gasteiger partial charge is 0.325 e. The topological polar surface area (TPSA) is 43.8 Å². The van der Waals surface area contributed by atoms with Gasteiger partial charge in [-0.15, -0.1) is 0 Å². The second kappa shape index (κ2) is 6.18. The summed E-state index contributed by atoms with van der Waals surface area (Å²) in [5.41, 5.74) is 9.08. The first kappa shape index (κ1) is 16.0. The van der Waals surface area contributed by atoms with Gasteiger partial charge < -0.3 is 5.73 Å². The summed E-state index contributed by atoms with van der Waals surface area (Å²) in [6.07, 6.45) is 6.76. The summed E-state index contributed by atoms with van der Waals surface area (Å²) < 4.78 is 3.18. The molecule has 4 heteroatoms. The van der Waals surface area contributed by atoms with Crippen molar-refractivity contribution in [2.75, 3.05) is 0 Å². The van der Waals surface area contributed by atoms with Gasteiger partial charge in [-0.1, -0.05) is 33.6 Å². The monoisotopic (exact) mass is 341 g/mol. The average Bonchev–Trinajstić information content (AvgIpc) is 2.66. The molecule has 1 aromatic rings. The number of nitrogens with two attached hydrogens (primary N) is 1. The van der Waals surface area contributed by atoms with Crippen molar-refractivity contribution in [3.8, 4) is 0 Å². The predicted molar refractivity (Wildman–Crippen MR) is 87.7 cm³/mol. The number of nitrogens with zero attached hydrogens (tertiary/aromatic N) is 2. The molecule has 1 aromatic heterocycles. The van der Waals surface area contributed by atoms with Crippen LogP contribution in [0.25, 0.3) is 0 Å². The summed E-state index contributed by atoms with van der Waals surface area (Å²) in [4.78, 5) is 0. The van der Waals surface area contributed by atoms with E-state index in [4.69, 9.17) is 5.73 Å². The van der Waals surface area contributed by atoms with Gasteiger partial charge in [0, 0.05) is 19.0 Å². The minimum absolute atomic E-state index is 0.0610. The molecule has 1 aliphatic carbocycles. The Hall–Kier alpha value is -0.350. The number of halogens is 1. The third-order valence-corrected chi connectivity index (χ3v) is 5.80. The van der Waals surface area contributed by atoms with Crippen LogP contribution in [0.4, 0.5) is 0 Å². The smallest absolute Gasteiger partial charge is 0.0766 e. The maximum Gasteiger partial charge on any atom is 0.0766 e. The van der Waals surface area contributed by atoms with Crippen molar-refractivity contribution in [1.29, 1.82) is 0 Å². The predicted octanol–water partition coefficient (Wildman–Crippen LogP) is 3.83. The van der Waals surface area contributed by atoms with Gasteiger partial charge in [0.15, 0.2) is 0 Å². The molecule has 0 saturated heterocycles. The molecule has 0 radical (unpaired) electrons. The highest BCUT2D eigenvalue weighted by atomic mass is 79.9. The van der Waals surface area contributed by atoms with E-state index in [1.54, 1.807) is 0 Å². The summed E-state index contributed by atoms with van der Waals surface area (Å²) in [6.45, 7) is 6.79. The van der Waals surface area contributed by atoms with Crippen LogP contribution in [0.1, 0.15) is 57.8 Å². The molecule has 0 spiro atoms. The molecule has 1 heterocycles. The lowest BCUT2D eigenvalue weighted by Crippen LogP contribution is -2.47. The van der Waals surface area contributed by atoms with E-state index in [0.717, 1.165) is 43.2 Å². The van der Waals surface area contributed by atoms with Crippen LogP contribution in [0.15, 0.2) is 4.47 Å². The normalized spacial score (nSPS) is 27.2. The Kier molecular flexibility index (Phi) is 4.96. The maximum atomic E-state index is 6.75. The van der Waals surface area contributed by atoms with Gasteiger partial charge in [0.05, 0.1) is 15.9 Å². The second-order valence-corrected chi connectivity index (χ2v) is 7.62. The summed E-state index contributed by atoms with van der Waals surface area (Å²) in [5.74, 6) is 1.51. The van der Waals surface area contributed by atoms with Gasteiger partial charge in [0.2, 0.25) is 0 Å². The fourth-order valence-electron chi connectivity index (χ4n) is 3.52. The molecule has 20 heavy (non-hydrogen) atoms. The van der Waals surface area contributed by atoms with Gasteiger partial charge in [0.25, 0.3) is 0 Å². The lowest BCUT2D eigenvalue weighted by atomic mass is 9.70. The summed E-state index contributed by atoms with van der Waals surface area (Å²) >= 11 is 3.72. The zero-order valence-corrected chi connectivity index (χ0v) is 14.8. The zero-order valence-electron chi connectivity index (χ0n) is 13.2. The van der Waals surface area contributed by atoms with Gasteiger partial charge in [-0.05, 0) is 47.0 Å². The standard InChI is InChI=1S/C16H28BrN3/c1-5-13-15(17)14(20(4)19-13)10-16(18)8-6-7-12(9-16)11(2)3/h11-12H,5-10,18H2,1-4H3. The van der Waals surface area contributed by atoms with E-state index in [1.165, 1.54) is 23.0 Å². The lowest BCUT2D eigenvalue weighted by Gasteiger charge is -2.39. The molecule has 0 bridgehead atoms. The molecule has 2 rings (SSSR count). The van der Waals surface area contributed by atoms with Crippen molar-refractivity contribution < 1.29 is 0 Å². The molecule has 2 N–H and O–H groups in total. The first-order valence-electron chi connectivity index (χ1n) is 7.85. The summed E-state index contributed by atoms with van der Waals surface area (Å²) in [6, 6.07) is 0. The van der Waals surface area contributed by atoms with Crippen molar-refractivity contribution in [1.82, 2.24) is 9.78 Å². The number of aromatic nitrogens is 2. The number of hydrogen-bond donors (Lipinski definition) is 1. The zero-order chi connectivity index (χ0) is 14.9. The highest BCUT2D eigenvalue weighted by Gasteiger charge is 2.35. The average molecular weight is 342 g/mol. The minimum Gasteiger partial charge on any atom is -0.325 e. The molecule has 1 aliphatic rings. The fraction of sp³-hybridized carbons (Fsp3) is 0.812. The van der Waals surface area contributed by atoms with Crippen molar-refractivity contribution in [2.45, 2.75) is 64.8 Å². The van der Waals surface area contributed by atoms with E-state index in [2.05, 4.69) is 41.8 Å². The van der Waals surface area contributed by atoms with Crippen LogP contribution in [-0.2, 0) is 19.9 Å². The molecule has 0 aromatic carbocycles. The number of hydrogen-bond acceptors (Lipinski definition) is 2. The Morgan fingerprint density at radius 2 is 2.20 bits per heavy atom. The van der Waals surface area contributed by atoms with Crippen molar-refractivity contribution >= 4 is 15.9 Å². The SMILES string of the molecule is CCc1nn(C)c(CC2(N)CCCC(C(C)C)C2)c1Br. The van der Waals surface area contributed by atoms with E-state index in [9.17, 15) is 0 Å². The van der Waals surface area contributed by atoms with Crippen molar-refractivity contribution in [3.05, 3.63) is 15.9 Å². The van der Waals surface area contributed by atoms with E-state index in [0.29, 0.717) is 0 Å². The van der Waals surface area contributed by atoms with Crippen LogP contribution in [0.3, 0.4) is 0 Å². The van der Waals surface area contributed by atoms with Crippen LogP contribution in [0.5, 0.6) is 0 Å². The quantitative estimate of drug-likeness (QED) is 0.904. The van der Waals surface area contributed by atoms with Crippen LogP contribution >= 0.6 is 15.9 Å². The van der Waals surface area contributed by atoms with E-state index in [-0.39, 0.29) is 5.54 Å². The van der Waals surface area contributed by atoms with Crippen LogP contribution in [0.2, 0.25) is 0 Å². The van der Waals surface area contributed by atoms with E-state index in [1.807, 2.05) is 11.7 Å². The van der Waals surface area contributed by atoms with Crippen LogP contribution in [0, 0.1) is 11.8 Å². The van der Waals surface area contributed by atoms with Crippen molar-refractivity contribution in [3.63, 3.8) is 0 Å². The molecular formula is C16H28BrN3. The first-order valence-corrected chi connectivity index (χ1v) is 8.64. The van der Waals surface area contributed by atoms with Crippen LogP contribution in [-0.4, -0.2) is 15.3 Å². The molecule has 0 amide bonds. The van der Waals surface area contributed by atoms with E-state index >= 15 is 0 Å². The number of rotatable bonds is 4. The Bertz CT molecular complexity index is 467. The fourth-order valence-corrected chi connectivity index (χ4v) is 4.27. The molecule has 1 saturated carbocycles. The Morgan fingerprint density at radius 3 is 2.75 bits per heavy atom. The third-order valence-electron chi connectivity index (χ3n) is 4.88. The third kappa shape index (κ3) is 3.28. The maximum absolute atomic E-state index is 6.75. The Balaban J connectivity index is 2.18. The van der Waals surface area contributed by atoms with Gasteiger partial charge >= 0.3 is 0 Å². The highest BCUT2D eigenvalue weighted by molar-refractivity contribution is 9.10. The molecule has 114 valence electrons. The lowest BCUT2D eigenvalue weighted by molar-refractivity contribution is 0.180. The van der Waals surface area contributed by atoms with Gasteiger partial charge in [-0.3, -0.25) is 4.68 Å². The first-order chi connectivity index (χ1) is 9.36. The molecule has 1 fully saturated rings. The minimum atomic E-state index is -0.0610. The Labute approximate surface area is 131 Å². The highest BCUT2D eigenvalue weighted by Crippen LogP contribution is 2.38. The van der Waals surface area contributed by atoms with Gasteiger partial charge in [0.1, 0.15) is 0 Å². The molecule has 0 aliphatic heterocycles.